The van der Waals surface area contributed by atoms with Gasteiger partial charge in [-0.2, -0.15) is 5.10 Å². The van der Waals surface area contributed by atoms with Gasteiger partial charge in [-0.1, -0.05) is 23.7 Å². The summed E-state index contributed by atoms with van der Waals surface area (Å²) < 4.78 is 1.95. The molecule has 6 nitrogen and oxygen atoms in total. The minimum Gasteiger partial charge on any atom is -0.335 e. The van der Waals surface area contributed by atoms with E-state index in [-0.39, 0.29) is 5.91 Å². The number of halogens is 1. The Balaban J connectivity index is 1.30. The number of aromatic nitrogens is 2. The third-order valence-electron chi connectivity index (χ3n) is 5.45. The molecule has 0 spiro atoms. The molecule has 1 amide bonds. The number of benzene rings is 1. The zero-order chi connectivity index (χ0) is 18.6. The molecular weight excluding hydrogens is 362 g/mol. The summed E-state index contributed by atoms with van der Waals surface area (Å²) in [6.07, 6.45) is 4.22. The number of rotatable bonds is 4. The Morgan fingerprint density at radius 3 is 2.63 bits per heavy atom. The number of piperazine rings is 1. The van der Waals surface area contributed by atoms with Gasteiger partial charge in [-0.05, 0) is 43.1 Å². The standard InChI is InChI=1S/C20H26ClN5O/c21-17-5-3-16(4-6-17)15-24-10-12-25(13-11-24)20(27)19-7-9-26(23-19)18-2-1-8-22-14-18/h3-7,9,18,22H,1-2,8,10-15H2. The molecule has 144 valence electrons. The number of hydrogen-bond acceptors (Lipinski definition) is 4. The van der Waals surface area contributed by atoms with Gasteiger partial charge >= 0.3 is 0 Å². The van der Waals surface area contributed by atoms with Gasteiger partial charge in [0, 0.05) is 50.5 Å². The second-order valence-corrected chi connectivity index (χ2v) is 7.81. The summed E-state index contributed by atoms with van der Waals surface area (Å²) in [6.45, 7) is 6.13. The van der Waals surface area contributed by atoms with Crippen LogP contribution in [0.3, 0.4) is 0 Å². The molecule has 2 aliphatic heterocycles. The van der Waals surface area contributed by atoms with Crippen molar-refractivity contribution in [1.82, 2.24) is 24.9 Å². The maximum atomic E-state index is 12.8. The van der Waals surface area contributed by atoms with Crippen LogP contribution < -0.4 is 5.32 Å². The van der Waals surface area contributed by atoms with Crippen molar-refractivity contribution >= 4 is 17.5 Å². The maximum absolute atomic E-state index is 12.8. The Morgan fingerprint density at radius 1 is 1.15 bits per heavy atom. The largest absolute Gasteiger partial charge is 0.335 e. The van der Waals surface area contributed by atoms with E-state index < -0.39 is 0 Å². The van der Waals surface area contributed by atoms with E-state index in [1.807, 2.05) is 34.0 Å². The van der Waals surface area contributed by atoms with Crippen LogP contribution in [0.4, 0.5) is 0 Å². The smallest absolute Gasteiger partial charge is 0.274 e. The summed E-state index contributed by atoms with van der Waals surface area (Å²) in [5.74, 6) is 0.0451. The van der Waals surface area contributed by atoms with Crippen molar-refractivity contribution < 1.29 is 4.79 Å². The van der Waals surface area contributed by atoms with Crippen LogP contribution in [0, 0.1) is 0 Å². The SMILES string of the molecule is O=C(c1ccn(C2CCCNC2)n1)N1CCN(Cc2ccc(Cl)cc2)CC1. The van der Waals surface area contributed by atoms with Crippen molar-refractivity contribution in [2.24, 2.45) is 0 Å². The molecule has 1 unspecified atom stereocenters. The number of carbonyl (C=O) groups is 1. The van der Waals surface area contributed by atoms with Gasteiger partial charge in [0.2, 0.25) is 0 Å². The van der Waals surface area contributed by atoms with E-state index in [1.165, 1.54) is 5.56 Å². The first-order chi connectivity index (χ1) is 13.2. The fourth-order valence-electron chi connectivity index (χ4n) is 3.83. The number of piperidine rings is 1. The van der Waals surface area contributed by atoms with Crippen LogP contribution in [0.15, 0.2) is 36.5 Å². The molecule has 2 fully saturated rings. The highest BCUT2D eigenvalue weighted by atomic mass is 35.5. The lowest BCUT2D eigenvalue weighted by atomic mass is 10.1. The van der Waals surface area contributed by atoms with Crippen LogP contribution in [-0.2, 0) is 6.54 Å². The molecule has 0 bridgehead atoms. The molecule has 1 aromatic heterocycles. The van der Waals surface area contributed by atoms with Gasteiger partial charge < -0.3 is 10.2 Å². The predicted molar refractivity (Wildman–Crippen MR) is 106 cm³/mol. The normalized spacial score (nSPS) is 21.4. The van der Waals surface area contributed by atoms with Crippen LogP contribution in [0.1, 0.15) is 34.9 Å². The van der Waals surface area contributed by atoms with Crippen LogP contribution in [0.25, 0.3) is 0 Å². The van der Waals surface area contributed by atoms with E-state index in [0.29, 0.717) is 11.7 Å². The van der Waals surface area contributed by atoms with Gasteiger partial charge in [-0.15, -0.1) is 0 Å². The molecule has 0 radical (unpaired) electrons. The fourth-order valence-corrected chi connectivity index (χ4v) is 3.96. The van der Waals surface area contributed by atoms with E-state index in [2.05, 4.69) is 27.4 Å². The third-order valence-corrected chi connectivity index (χ3v) is 5.70. The van der Waals surface area contributed by atoms with Gasteiger partial charge in [-0.3, -0.25) is 14.4 Å². The zero-order valence-electron chi connectivity index (χ0n) is 15.5. The maximum Gasteiger partial charge on any atom is 0.274 e. The second kappa shape index (κ2) is 8.42. The summed E-state index contributed by atoms with van der Waals surface area (Å²) in [7, 11) is 0. The Morgan fingerprint density at radius 2 is 1.93 bits per heavy atom. The summed E-state index contributed by atoms with van der Waals surface area (Å²) >= 11 is 5.95. The Hall–Kier alpha value is -1.89. The number of carbonyl (C=O) groups excluding carboxylic acids is 1. The van der Waals surface area contributed by atoms with Crippen LogP contribution >= 0.6 is 11.6 Å². The Kier molecular flexibility index (Phi) is 5.76. The molecule has 1 N–H and O–H groups in total. The molecule has 3 heterocycles. The van der Waals surface area contributed by atoms with Crippen LogP contribution in [0.5, 0.6) is 0 Å². The zero-order valence-corrected chi connectivity index (χ0v) is 16.2. The number of nitrogens with one attached hydrogen (secondary N) is 1. The summed E-state index contributed by atoms with van der Waals surface area (Å²) in [6, 6.07) is 10.2. The van der Waals surface area contributed by atoms with Gasteiger partial charge in [0.05, 0.1) is 6.04 Å². The molecule has 7 heteroatoms. The van der Waals surface area contributed by atoms with Gasteiger partial charge in [0.1, 0.15) is 5.69 Å². The minimum absolute atomic E-state index is 0.0451. The van der Waals surface area contributed by atoms with Crippen molar-refractivity contribution in [2.45, 2.75) is 25.4 Å². The van der Waals surface area contributed by atoms with Crippen molar-refractivity contribution in [3.05, 3.63) is 52.8 Å². The average Bonchev–Trinajstić information content (AvgIpc) is 3.21. The molecular formula is C20H26ClN5O. The Labute approximate surface area is 165 Å². The number of hydrogen-bond donors (Lipinski definition) is 1. The first kappa shape index (κ1) is 18.5. The van der Waals surface area contributed by atoms with E-state index in [4.69, 9.17) is 11.6 Å². The summed E-state index contributed by atoms with van der Waals surface area (Å²) in [5, 5.41) is 8.72. The van der Waals surface area contributed by atoms with Crippen molar-refractivity contribution in [3.8, 4) is 0 Å². The van der Waals surface area contributed by atoms with Gasteiger partial charge in [0.25, 0.3) is 5.91 Å². The highest BCUT2D eigenvalue weighted by molar-refractivity contribution is 6.30. The van der Waals surface area contributed by atoms with Gasteiger partial charge in [0.15, 0.2) is 0 Å². The molecule has 0 saturated carbocycles. The first-order valence-electron chi connectivity index (χ1n) is 9.71. The van der Waals surface area contributed by atoms with Gasteiger partial charge in [-0.25, -0.2) is 0 Å². The molecule has 27 heavy (non-hydrogen) atoms. The lowest BCUT2D eigenvalue weighted by molar-refractivity contribution is 0.0621. The highest BCUT2D eigenvalue weighted by Crippen LogP contribution is 2.17. The average molecular weight is 388 g/mol. The van der Waals surface area contributed by atoms with E-state index in [1.54, 1.807) is 0 Å². The third kappa shape index (κ3) is 4.51. The first-order valence-corrected chi connectivity index (χ1v) is 10.1. The highest BCUT2D eigenvalue weighted by Gasteiger charge is 2.24. The fraction of sp³-hybridized carbons (Fsp3) is 0.500. The second-order valence-electron chi connectivity index (χ2n) is 7.38. The number of nitrogens with zero attached hydrogens (tertiary/aromatic N) is 4. The van der Waals surface area contributed by atoms with Crippen molar-refractivity contribution in [2.75, 3.05) is 39.3 Å². The van der Waals surface area contributed by atoms with Crippen LogP contribution in [-0.4, -0.2) is 64.8 Å². The van der Waals surface area contributed by atoms with E-state index in [9.17, 15) is 4.79 Å². The van der Waals surface area contributed by atoms with Crippen LogP contribution in [0.2, 0.25) is 5.02 Å². The van der Waals surface area contributed by atoms with E-state index >= 15 is 0 Å². The molecule has 4 rings (SSSR count). The predicted octanol–water partition coefficient (Wildman–Crippen LogP) is 2.42. The van der Waals surface area contributed by atoms with E-state index in [0.717, 1.165) is 63.7 Å². The molecule has 2 aromatic rings. The van der Waals surface area contributed by atoms with Crippen molar-refractivity contribution in [1.29, 1.82) is 0 Å². The molecule has 2 aliphatic rings. The minimum atomic E-state index is 0.0451. The topological polar surface area (TPSA) is 53.4 Å². The Bertz CT molecular complexity index is 761. The molecule has 0 aliphatic carbocycles. The number of amides is 1. The van der Waals surface area contributed by atoms with Crippen molar-refractivity contribution in [3.63, 3.8) is 0 Å². The summed E-state index contributed by atoms with van der Waals surface area (Å²) in [4.78, 5) is 17.1. The molecule has 2 saturated heterocycles. The molecule has 1 atom stereocenters. The quantitative estimate of drug-likeness (QED) is 0.875. The lowest BCUT2D eigenvalue weighted by Crippen LogP contribution is -2.48. The molecule has 1 aromatic carbocycles. The summed E-state index contributed by atoms with van der Waals surface area (Å²) in [5.41, 5.74) is 1.81. The monoisotopic (exact) mass is 387 g/mol. The lowest BCUT2D eigenvalue weighted by Gasteiger charge is -2.34.